The predicted octanol–water partition coefficient (Wildman–Crippen LogP) is 2.08. The number of aromatic nitrogens is 2. The van der Waals surface area contributed by atoms with E-state index in [1.807, 2.05) is 0 Å². The van der Waals surface area contributed by atoms with E-state index >= 15 is 0 Å². The molecule has 0 radical (unpaired) electrons. The number of hydrogen-bond donors (Lipinski definition) is 1. The number of hydrogen-bond acceptors (Lipinski definition) is 5. The van der Waals surface area contributed by atoms with Crippen LogP contribution in [0.3, 0.4) is 0 Å². The lowest BCUT2D eigenvalue weighted by atomic mass is 10.1. The van der Waals surface area contributed by atoms with Gasteiger partial charge >= 0.3 is 0 Å². The molecule has 1 N–H and O–H groups in total. The van der Waals surface area contributed by atoms with E-state index in [1.54, 1.807) is 0 Å². The normalized spacial score (nSPS) is 23.9. The average Bonchev–Trinajstić information content (AvgIpc) is 3.18. The van der Waals surface area contributed by atoms with Gasteiger partial charge in [0.2, 0.25) is 5.89 Å². The molecule has 0 spiro atoms. The Morgan fingerprint density at radius 3 is 3.05 bits per heavy atom. The van der Waals surface area contributed by atoms with Gasteiger partial charge in [-0.25, -0.2) is 0 Å². The summed E-state index contributed by atoms with van der Waals surface area (Å²) in [5.41, 5.74) is 1.19. The van der Waals surface area contributed by atoms with Crippen molar-refractivity contribution in [1.82, 2.24) is 20.4 Å². The molecule has 110 valence electrons. The Labute approximate surface area is 120 Å². The number of nitrogens with zero attached hydrogens (tertiary/aromatic N) is 3. The Kier molecular flexibility index (Phi) is 4.17. The highest BCUT2D eigenvalue weighted by Crippen LogP contribution is 2.38. The van der Waals surface area contributed by atoms with Crippen molar-refractivity contribution in [2.75, 3.05) is 19.6 Å². The van der Waals surface area contributed by atoms with Crippen molar-refractivity contribution in [3.63, 3.8) is 0 Å². The highest BCUT2D eigenvalue weighted by molar-refractivity contribution is 5.02. The maximum atomic E-state index is 5.32. The van der Waals surface area contributed by atoms with Gasteiger partial charge < -0.3 is 9.84 Å². The zero-order valence-electron chi connectivity index (χ0n) is 12.3. The summed E-state index contributed by atoms with van der Waals surface area (Å²) in [5.74, 6) is 2.23. The van der Waals surface area contributed by atoms with Gasteiger partial charge in [0.25, 0.3) is 0 Å². The summed E-state index contributed by atoms with van der Waals surface area (Å²) in [6, 6.07) is 0.551. The van der Waals surface area contributed by atoms with Gasteiger partial charge in [0, 0.05) is 25.0 Å². The second-order valence-electron chi connectivity index (χ2n) is 6.24. The molecule has 0 bridgehead atoms. The Hall–Kier alpha value is -1.20. The van der Waals surface area contributed by atoms with Gasteiger partial charge in [-0.05, 0) is 39.2 Å². The van der Waals surface area contributed by atoms with Gasteiger partial charge in [0.1, 0.15) is 0 Å². The fourth-order valence-electron chi connectivity index (χ4n) is 2.71. The van der Waals surface area contributed by atoms with E-state index in [0.29, 0.717) is 12.0 Å². The molecule has 0 unspecified atom stereocenters. The molecule has 0 aromatic carbocycles. The number of rotatable bonds is 6. The zero-order chi connectivity index (χ0) is 13.9. The maximum absolute atomic E-state index is 5.32. The van der Waals surface area contributed by atoms with Crippen molar-refractivity contribution in [3.8, 4) is 0 Å². The molecule has 2 aliphatic rings. The van der Waals surface area contributed by atoms with Crippen LogP contribution in [0.4, 0.5) is 0 Å². The Morgan fingerprint density at radius 1 is 1.45 bits per heavy atom. The predicted molar refractivity (Wildman–Crippen MR) is 77.4 cm³/mol. The van der Waals surface area contributed by atoms with Gasteiger partial charge in [0.15, 0.2) is 5.82 Å². The molecular formula is C15H24N4O. The van der Waals surface area contributed by atoms with Crippen molar-refractivity contribution < 1.29 is 4.52 Å². The fourth-order valence-corrected chi connectivity index (χ4v) is 2.71. The molecule has 1 aromatic rings. The minimum Gasteiger partial charge on any atom is -0.339 e. The first kappa shape index (κ1) is 13.8. The topological polar surface area (TPSA) is 54.2 Å². The van der Waals surface area contributed by atoms with Crippen LogP contribution in [0.25, 0.3) is 0 Å². The van der Waals surface area contributed by atoms with E-state index < -0.39 is 0 Å². The highest BCUT2D eigenvalue weighted by atomic mass is 16.5. The number of likely N-dealkylation sites (tertiary alicyclic amines) is 1. The lowest BCUT2D eigenvalue weighted by molar-refractivity contribution is 0.179. The third-order valence-corrected chi connectivity index (χ3v) is 3.97. The van der Waals surface area contributed by atoms with Crippen molar-refractivity contribution in [1.29, 1.82) is 0 Å². The monoisotopic (exact) mass is 276 g/mol. The molecule has 1 atom stereocenters. The quantitative estimate of drug-likeness (QED) is 0.806. The third-order valence-electron chi connectivity index (χ3n) is 3.97. The summed E-state index contributed by atoms with van der Waals surface area (Å²) < 4.78 is 5.32. The molecule has 5 nitrogen and oxygen atoms in total. The van der Waals surface area contributed by atoms with Crippen LogP contribution in [0.5, 0.6) is 0 Å². The molecule has 20 heavy (non-hydrogen) atoms. The summed E-state index contributed by atoms with van der Waals surface area (Å²) in [7, 11) is 0. The first-order valence-corrected chi connectivity index (χ1v) is 7.63. The third kappa shape index (κ3) is 3.67. The van der Waals surface area contributed by atoms with Crippen LogP contribution < -0.4 is 5.32 Å². The van der Waals surface area contributed by atoms with Crippen LogP contribution in [0.15, 0.2) is 16.7 Å². The summed E-state index contributed by atoms with van der Waals surface area (Å²) in [6.07, 6.45) is 4.88. The summed E-state index contributed by atoms with van der Waals surface area (Å²) in [4.78, 5) is 6.93. The fraction of sp³-hybridized carbons (Fsp3) is 0.733. The lowest BCUT2D eigenvalue weighted by Crippen LogP contribution is -2.45. The van der Waals surface area contributed by atoms with Gasteiger partial charge in [-0.15, -0.1) is 0 Å². The molecule has 1 saturated carbocycles. The van der Waals surface area contributed by atoms with Crippen LogP contribution in [0.2, 0.25) is 0 Å². The first-order valence-electron chi connectivity index (χ1n) is 7.63. The van der Waals surface area contributed by atoms with E-state index in [-0.39, 0.29) is 0 Å². The number of nitrogens with one attached hydrogen (secondary N) is 1. The molecule has 3 rings (SSSR count). The van der Waals surface area contributed by atoms with E-state index in [2.05, 4.69) is 33.9 Å². The zero-order valence-corrected chi connectivity index (χ0v) is 12.3. The molecule has 5 heteroatoms. The molecule has 1 aromatic heterocycles. The van der Waals surface area contributed by atoms with Crippen molar-refractivity contribution >= 4 is 0 Å². The second kappa shape index (κ2) is 6.06. The Balaban J connectivity index is 1.49. The first-order chi connectivity index (χ1) is 9.70. The summed E-state index contributed by atoms with van der Waals surface area (Å²) in [5, 5.41) is 7.67. The van der Waals surface area contributed by atoms with Gasteiger partial charge in [-0.1, -0.05) is 17.3 Å². The Morgan fingerprint density at radius 2 is 2.30 bits per heavy atom. The molecule has 2 fully saturated rings. The average molecular weight is 276 g/mol. The minimum absolute atomic E-state index is 0.544. The van der Waals surface area contributed by atoms with Gasteiger partial charge in [-0.3, -0.25) is 4.90 Å². The van der Waals surface area contributed by atoms with Crippen molar-refractivity contribution in [2.24, 2.45) is 0 Å². The minimum atomic E-state index is 0.544. The van der Waals surface area contributed by atoms with Crippen LogP contribution >= 0.6 is 0 Å². The standard InChI is InChI=1S/C15H24N4O/c1-11(2)8-16-13-4-3-7-19(9-13)10-14-17-15(20-18-14)12-5-6-12/h12-13,16H,1,3-10H2,2H3/t13-/m0/s1. The maximum Gasteiger partial charge on any atom is 0.229 e. The van der Waals surface area contributed by atoms with Gasteiger partial charge in [-0.2, -0.15) is 4.98 Å². The SMILES string of the molecule is C=C(C)CN[C@H]1CCCN(Cc2noc(C3CC3)n2)C1. The summed E-state index contributed by atoms with van der Waals surface area (Å²) in [6.45, 7) is 9.90. The smallest absolute Gasteiger partial charge is 0.229 e. The molecule has 1 aliphatic heterocycles. The lowest BCUT2D eigenvalue weighted by Gasteiger charge is -2.32. The summed E-state index contributed by atoms with van der Waals surface area (Å²) >= 11 is 0. The number of piperidine rings is 1. The van der Waals surface area contributed by atoms with E-state index in [9.17, 15) is 0 Å². The van der Waals surface area contributed by atoms with E-state index in [0.717, 1.165) is 37.9 Å². The second-order valence-corrected chi connectivity index (χ2v) is 6.24. The van der Waals surface area contributed by atoms with Crippen LogP contribution in [0, 0.1) is 0 Å². The molecule has 0 amide bonds. The molecule has 1 aliphatic carbocycles. The van der Waals surface area contributed by atoms with E-state index in [1.165, 1.54) is 31.3 Å². The highest BCUT2D eigenvalue weighted by Gasteiger charge is 2.30. The molecule has 1 saturated heterocycles. The largest absolute Gasteiger partial charge is 0.339 e. The van der Waals surface area contributed by atoms with Gasteiger partial charge in [0.05, 0.1) is 6.54 Å². The van der Waals surface area contributed by atoms with E-state index in [4.69, 9.17) is 4.52 Å². The van der Waals surface area contributed by atoms with Crippen LogP contribution in [-0.4, -0.2) is 40.7 Å². The van der Waals surface area contributed by atoms with Crippen molar-refractivity contribution in [2.45, 2.75) is 51.1 Å². The Bertz CT molecular complexity index is 466. The van der Waals surface area contributed by atoms with Crippen molar-refractivity contribution in [3.05, 3.63) is 23.9 Å². The molecular weight excluding hydrogens is 252 g/mol. The van der Waals surface area contributed by atoms with Crippen LogP contribution in [0.1, 0.15) is 50.2 Å². The molecule has 2 heterocycles. The van der Waals surface area contributed by atoms with Crippen LogP contribution in [-0.2, 0) is 6.54 Å².